The van der Waals surface area contributed by atoms with Crippen molar-refractivity contribution in [1.82, 2.24) is 20.2 Å². The maximum Gasteiger partial charge on any atom is 0.416 e. The number of alkyl halides is 3. The van der Waals surface area contributed by atoms with E-state index in [1.54, 1.807) is 25.1 Å². The van der Waals surface area contributed by atoms with Gasteiger partial charge in [0.15, 0.2) is 11.5 Å². The monoisotopic (exact) mass is 419 g/mol. The molecule has 2 aromatic carbocycles. The molecule has 1 unspecified atom stereocenters. The summed E-state index contributed by atoms with van der Waals surface area (Å²) >= 11 is 0. The van der Waals surface area contributed by atoms with Gasteiger partial charge in [-0.1, -0.05) is 12.1 Å². The van der Waals surface area contributed by atoms with Crippen LogP contribution in [0, 0.1) is 0 Å². The summed E-state index contributed by atoms with van der Waals surface area (Å²) in [5, 5.41) is 14.4. The summed E-state index contributed by atoms with van der Waals surface area (Å²) in [5.74, 6) is 0.674. The van der Waals surface area contributed by atoms with Gasteiger partial charge in [0.05, 0.1) is 5.56 Å². The molecule has 1 atom stereocenters. The first-order chi connectivity index (χ1) is 14.3. The molecule has 0 spiro atoms. The summed E-state index contributed by atoms with van der Waals surface area (Å²) in [6, 6.07) is 8.73. The minimum absolute atomic E-state index is 0.0138. The Labute approximate surface area is 168 Å². The van der Waals surface area contributed by atoms with Crippen LogP contribution in [0.1, 0.15) is 18.5 Å². The molecule has 0 bridgehead atoms. The van der Waals surface area contributed by atoms with E-state index in [-0.39, 0.29) is 11.4 Å². The molecule has 1 N–H and O–H groups in total. The first-order valence-corrected chi connectivity index (χ1v) is 8.99. The lowest BCUT2D eigenvalue weighted by Crippen LogP contribution is -2.25. The van der Waals surface area contributed by atoms with E-state index >= 15 is 0 Å². The highest BCUT2D eigenvalue weighted by molar-refractivity contribution is 5.93. The zero-order valence-corrected chi connectivity index (χ0v) is 15.7. The number of benzene rings is 2. The zero-order valence-electron chi connectivity index (χ0n) is 15.7. The van der Waals surface area contributed by atoms with Gasteiger partial charge in [-0.3, -0.25) is 4.79 Å². The normalized spacial score (nSPS) is 14.3. The number of nitrogens with one attached hydrogen (secondary N) is 1. The summed E-state index contributed by atoms with van der Waals surface area (Å²) in [7, 11) is 0. The van der Waals surface area contributed by atoms with Crippen molar-refractivity contribution < 1.29 is 27.4 Å². The third-order valence-corrected chi connectivity index (χ3v) is 4.41. The molecule has 1 aliphatic heterocycles. The van der Waals surface area contributed by atoms with E-state index in [0.717, 1.165) is 16.9 Å². The Morgan fingerprint density at radius 1 is 1.13 bits per heavy atom. The average Bonchev–Trinajstić information content (AvgIpc) is 3.23. The Balaban J connectivity index is 1.49. The second-order valence-electron chi connectivity index (χ2n) is 6.54. The van der Waals surface area contributed by atoms with Crippen LogP contribution in [-0.4, -0.2) is 39.3 Å². The molecule has 0 saturated carbocycles. The van der Waals surface area contributed by atoms with Crippen LogP contribution >= 0.6 is 0 Å². The lowest BCUT2D eigenvalue weighted by atomic mass is 10.1. The summed E-state index contributed by atoms with van der Waals surface area (Å²) in [6.07, 6.45) is -4.48. The number of rotatable bonds is 4. The second-order valence-corrected chi connectivity index (χ2v) is 6.54. The summed E-state index contributed by atoms with van der Waals surface area (Å²) in [4.78, 5) is 13.6. The number of carbonyl (C=O) groups is 1. The van der Waals surface area contributed by atoms with Crippen LogP contribution in [0.15, 0.2) is 42.5 Å². The molecule has 0 saturated heterocycles. The molecule has 0 aliphatic carbocycles. The van der Waals surface area contributed by atoms with Gasteiger partial charge in [-0.25, -0.2) is 0 Å². The number of nitrogens with zero attached hydrogens (tertiary/aromatic N) is 4. The first-order valence-electron chi connectivity index (χ1n) is 8.99. The van der Waals surface area contributed by atoms with Crippen molar-refractivity contribution in [3.8, 4) is 22.9 Å². The predicted molar refractivity (Wildman–Crippen MR) is 99.0 cm³/mol. The van der Waals surface area contributed by atoms with Crippen LogP contribution in [0.5, 0.6) is 11.5 Å². The molecule has 30 heavy (non-hydrogen) atoms. The molecule has 1 amide bonds. The van der Waals surface area contributed by atoms with Gasteiger partial charge in [0, 0.05) is 17.3 Å². The highest BCUT2D eigenvalue weighted by atomic mass is 19.4. The van der Waals surface area contributed by atoms with E-state index in [1.165, 1.54) is 12.1 Å². The quantitative estimate of drug-likeness (QED) is 0.698. The Hall–Kier alpha value is -3.63. The Kier molecular flexibility index (Phi) is 5.02. The Morgan fingerprint density at radius 2 is 1.90 bits per heavy atom. The molecule has 4 rings (SSSR count). The molecule has 156 valence electrons. The number of anilines is 1. The minimum atomic E-state index is -4.48. The van der Waals surface area contributed by atoms with Crippen molar-refractivity contribution in [3.05, 3.63) is 48.0 Å². The van der Waals surface area contributed by atoms with E-state index < -0.39 is 23.7 Å². The van der Waals surface area contributed by atoms with Crippen molar-refractivity contribution >= 4 is 11.6 Å². The average molecular weight is 419 g/mol. The third kappa shape index (κ3) is 4.04. The van der Waals surface area contributed by atoms with Gasteiger partial charge in [0.1, 0.15) is 19.3 Å². The lowest BCUT2D eigenvalue weighted by Gasteiger charge is -2.19. The summed E-state index contributed by atoms with van der Waals surface area (Å²) in [5.41, 5.74) is -0.175. The van der Waals surface area contributed by atoms with Crippen LogP contribution < -0.4 is 14.8 Å². The molecule has 8 nitrogen and oxygen atoms in total. The van der Waals surface area contributed by atoms with E-state index in [1.807, 2.05) is 0 Å². The molecular formula is C19H16F3N5O3. The number of aromatic nitrogens is 4. The minimum Gasteiger partial charge on any atom is -0.486 e. The van der Waals surface area contributed by atoms with Crippen LogP contribution in [0.2, 0.25) is 0 Å². The smallest absolute Gasteiger partial charge is 0.416 e. The number of hydrogen-bond donors (Lipinski definition) is 1. The highest BCUT2D eigenvalue weighted by Crippen LogP contribution is 2.33. The van der Waals surface area contributed by atoms with Crippen molar-refractivity contribution in [1.29, 1.82) is 0 Å². The number of ether oxygens (including phenoxy) is 2. The Morgan fingerprint density at radius 3 is 2.67 bits per heavy atom. The van der Waals surface area contributed by atoms with E-state index in [9.17, 15) is 18.0 Å². The van der Waals surface area contributed by atoms with E-state index in [0.29, 0.717) is 30.4 Å². The summed E-state index contributed by atoms with van der Waals surface area (Å²) < 4.78 is 49.6. The Bertz CT molecular complexity index is 1080. The van der Waals surface area contributed by atoms with Gasteiger partial charge in [-0.15, -0.1) is 10.2 Å². The van der Waals surface area contributed by atoms with Crippen molar-refractivity contribution in [2.45, 2.75) is 19.1 Å². The standard InChI is InChI=1S/C19H16F3N5O3/c1-11(18(28)23-14-5-6-15-16(10-14)30-8-7-29-15)27-25-17(24-26-27)12-3-2-4-13(9-12)19(20,21)22/h2-6,9-11H,7-8H2,1H3,(H,23,28). The van der Waals surface area contributed by atoms with Crippen LogP contribution in [-0.2, 0) is 11.0 Å². The van der Waals surface area contributed by atoms with Crippen molar-refractivity contribution in [3.63, 3.8) is 0 Å². The molecule has 0 radical (unpaired) electrons. The number of tetrazole rings is 1. The molecule has 11 heteroatoms. The largest absolute Gasteiger partial charge is 0.486 e. The number of fused-ring (bicyclic) bond motifs is 1. The number of carbonyl (C=O) groups excluding carboxylic acids is 1. The molecule has 2 heterocycles. The molecular weight excluding hydrogens is 403 g/mol. The van der Waals surface area contributed by atoms with E-state index in [4.69, 9.17) is 9.47 Å². The highest BCUT2D eigenvalue weighted by Gasteiger charge is 2.31. The second kappa shape index (κ2) is 7.65. The fourth-order valence-electron chi connectivity index (χ4n) is 2.81. The maximum absolute atomic E-state index is 12.9. The van der Waals surface area contributed by atoms with Crippen LogP contribution in [0.3, 0.4) is 0 Å². The van der Waals surface area contributed by atoms with Crippen molar-refractivity contribution in [2.75, 3.05) is 18.5 Å². The van der Waals surface area contributed by atoms with Crippen LogP contribution in [0.4, 0.5) is 18.9 Å². The lowest BCUT2D eigenvalue weighted by molar-refractivity contribution is -0.137. The van der Waals surface area contributed by atoms with Gasteiger partial charge in [-0.2, -0.15) is 18.0 Å². The summed E-state index contributed by atoms with van der Waals surface area (Å²) in [6.45, 7) is 2.43. The van der Waals surface area contributed by atoms with E-state index in [2.05, 4.69) is 20.7 Å². The number of amides is 1. The fraction of sp³-hybridized carbons (Fsp3) is 0.263. The number of halogens is 3. The van der Waals surface area contributed by atoms with Gasteiger partial charge < -0.3 is 14.8 Å². The zero-order chi connectivity index (χ0) is 21.3. The molecule has 0 fully saturated rings. The molecule has 3 aromatic rings. The van der Waals surface area contributed by atoms with Gasteiger partial charge in [0.25, 0.3) is 5.91 Å². The van der Waals surface area contributed by atoms with Crippen molar-refractivity contribution in [2.24, 2.45) is 0 Å². The van der Waals surface area contributed by atoms with Gasteiger partial charge >= 0.3 is 6.18 Å². The predicted octanol–water partition coefficient (Wildman–Crippen LogP) is 3.33. The fourth-order valence-corrected chi connectivity index (χ4v) is 2.81. The third-order valence-electron chi connectivity index (χ3n) is 4.41. The number of hydrogen-bond acceptors (Lipinski definition) is 6. The maximum atomic E-state index is 12.9. The SMILES string of the molecule is CC(C(=O)Nc1ccc2c(c1)OCCO2)n1nnc(-c2cccc(C(F)(F)F)c2)n1. The van der Waals surface area contributed by atoms with Gasteiger partial charge in [0.2, 0.25) is 5.82 Å². The van der Waals surface area contributed by atoms with Crippen LogP contribution in [0.25, 0.3) is 11.4 Å². The molecule has 1 aliphatic rings. The topological polar surface area (TPSA) is 91.2 Å². The van der Waals surface area contributed by atoms with Gasteiger partial charge in [-0.05, 0) is 36.4 Å². The molecule has 1 aromatic heterocycles. The first kappa shape index (κ1) is 19.7.